The minimum Gasteiger partial charge on any atom is -0.497 e. The first-order valence-electron chi connectivity index (χ1n) is 6.91. The van der Waals surface area contributed by atoms with Crippen LogP contribution in [-0.2, 0) is 0 Å². The van der Waals surface area contributed by atoms with E-state index in [1.54, 1.807) is 7.11 Å². The predicted octanol–water partition coefficient (Wildman–Crippen LogP) is 3.84. The summed E-state index contributed by atoms with van der Waals surface area (Å²) < 4.78 is 6.13. The first-order chi connectivity index (χ1) is 10.1. The second-order valence-electron chi connectivity index (χ2n) is 4.97. The molecule has 21 heavy (non-hydrogen) atoms. The van der Waals surface area contributed by atoms with E-state index in [0.717, 1.165) is 21.3 Å². The summed E-state index contributed by atoms with van der Waals surface area (Å²) in [5.41, 5.74) is 2.07. The summed E-state index contributed by atoms with van der Waals surface area (Å²) in [4.78, 5) is 0. The van der Waals surface area contributed by atoms with Crippen LogP contribution in [0.25, 0.3) is 0 Å². The number of ether oxygens (including phenoxy) is 1. The van der Waals surface area contributed by atoms with E-state index in [0.29, 0.717) is 6.54 Å². The van der Waals surface area contributed by atoms with Gasteiger partial charge in [0.1, 0.15) is 5.75 Å². The topological polar surface area (TPSA) is 41.5 Å². The van der Waals surface area contributed by atoms with E-state index in [4.69, 9.17) is 4.74 Å². The molecule has 0 aliphatic carbocycles. The van der Waals surface area contributed by atoms with Crippen molar-refractivity contribution < 1.29 is 9.84 Å². The van der Waals surface area contributed by atoms with Gasteiger partial charge in [0.25, 0.3) is 0 Å². The van der Waals surface area contributed by atoms with Crippen molar-refractivity contribution in [1.29, 1.82) is 0 Å². The van der Waals surface area contributed by atoms with Gasteiger partial charge in [-0.2, -0.15) is 0 Å². The first-order valence-corrected chi connectivity index (χ1v) is 7.70. The monoisotopic (exact) mass is 349 g/mol. The quantitative estimate of drug-likeness (QED) is 0.832. The Labute approximate surface area is 134 Å². The van der Waals surface area contributed by atoms with Crippen molar-refractivity contribution in [2.45, 2.75) is 19.1 Å². The summed E-state index contributed by atoms with van der Waals surface area (Å²) in [5.74, 6) is 0.847. The van der Waals surface area contributed by atoms with Crippen LogP contribution in [0, 0.1) is 0 Å². The Kier molecular flexibility index (Phi) is 5.79. The number of halogens is 1. The molecule has 0 aromatic heterocycles. The van der Waals surface area contributed by atoms with Crippen LogP contribution in [0.5, 0.6) is 5.75 Å². The van der Waals surface area contributed by atoms with Crippen molar-refractivity contribution in [3.63, 3.8) is 0 Å². The predicted molar refractivity (Wildman–Crippen MR) is 88.5 cm³/mol. The molecule has 2 aromatic rings. The highest BCUT2D eigenvalue weighted by Gasteiger charge is 2.11. The number of hydrogen-bond donors (Lipinski definition) is 2. The van der Waals surface area contributed by atoms with Gasteiger partial charge in [0, 0.05) is 17.1 Å². The zero-order chi connectivity index (χ0) is 15.2. The van der Waals surface area contributed by atoms with Gasteiger partial charge < -0.3 is 15.2 Å². The molecule has 112 valence electrons. The summed E-state index contributed by atoms with van der Waals surface area (Å²) in [6.45, 7) is 2.58. The lowest BCUT2D eigenvalue weighted by Gasteiger charge is -2.18. The van der Waals surface area contributed by atoms with E-state index in [1.807, 2.05) is 48.5 Å². The fourth-order valence-electron chi connectivity index (χ4n) is 2.13. The number of benzene rings is 2. The van der Waals surface area contributed by atoms with Crippen LogP contribution in [0.1, 0.15) is 30.2 Å². The molecule has 0 fully saturated rings. The van der Waals surface area contributed by atoms with E-state index in [1.165, 1.54) is 0 Å². The Bertz CT molecular complexity index is 571. The lowest BCUT2D eigenvalue weighted by molar-refractivity contribution is 0.170. The van der Waals surface area contributed by atoms with E-state index in [-0.39, 0.29) is 6.04 Å². The van der Waals surface area contributed by atoms with Crippen molar-refractivity contribution in [1.82, 2.24) is 5.32 Å². The van der Waals surface area contributed by atoms with Crippen LogP contribution >= 0.6 is 15.9 Å². The Morgan fingerprint density at radius 2 is 1.86 bits per heavy atom. The molecule has 0 amide bonds. The molecule has 0 saturated heterocycles. The smallest absolute Gasteiger partial charge is 0.118 e. The van der Waals surface area contributed by atoms with Gasteiger partial charge >= 0.3 is 0 Å². The fourth-order valence-corrected chi connectivity index (χ4v) is 2.55. The lowest BCUT2D eigenvalue weighted by atomic mass is 10.1. The third-order valence-electron chi connectivity index (χ3n) is 3.47. The summed E-state index contributed by atoms with van der Waals surface area (Å²) in [5, 5.41) is 13.6. The number of rotatable bonds is 6. The van der Waals surface area contributed by atoms with Crippen LogP contribution in [-0.4, -0.2) is 18.8 Å². The highest BCUT2D eigenvalue weighted by atomic mass is 79.9. The Morgan fingerprint density at radius 1 is 1.14 bits per heavy atom. The Morgan fingerprint density at radius 3 is 2.48 bits per heavy atom. The van der Waals surface area contributed by atoms with Gasteiger partial charge in [-0.3, -0.25) is 0 Å². The van der Waals surface area contributed by atoms with Gasteiger partial charge in [-0.15, -0.1) is 0 Å². The van der Waals surface area contributed by atoms with Crippen LogP contribution in [0.4, 0.5) is 0 Å². The fraction of sp³-hybridized carbons (Fsp3) is 0.294. The summed E-state index contributed by atoms with van der Waals surface area (Å²) in [6.07, 6.45) is -0.525. The zero-order valence-electron chi connectivity index (χ0n) is 12.2. The van der Waals surface area contributed by atoms with Crippen molar-refractivity contribution >= 4 is 15.9 Å². The van der Waals surface area contributed by atoms with Gasteiger partial charge in [0.2, 0.25) is 0 Å². The SMILES string of the molecule is COc1ccc([C@H](C)NCC(O)c2cccc(Br)c2)cc1. The van der Waals surface area contributed by atoms with Crippen LogP contribution in [0.15, 0.2) is 53.0 Å². The van der Waals surface area contributed by atoms with E-state index >= 15 is 0 Å². The van der Waals surface area contributed by atoms with E-state index in [9.17, 15) is 5.11 Å². The molecular formula is C17H20BrNO2. The number of hydrogen-bond acceptors (Lipinski definition) is 3. The van der Waals surface area contributed by atoms with Gasteiger partial charge in [-0.25, -0.2) is 0 Å². The molecule has 0 heterocycles. The molecule has 0 spiro atoms. The van der Waals surface area contributed by atoms with Gasteiger partial charge in [-0.1, -0.05) is 40.2 Å². The molecule has 0 aliphatic rings. The normalized spacial score (nSPS) is 13.7. The minimum atomic E-state index is -0.525. The summed E-state index contributed by atoms with van der Waals surface area (Å²) in [6, 6.07) is 15.8. The third kappa shape index (κ3) is 4.56. The summed E-state index contributed by atoms with van der Waals surface area (Å²) in [7, 11) is 1.66. The lowest BCUT2D eigenvalue weighted by Crippen LogP contribution is -2.24. The molecule has 2 atom stereocenters. The number of methoxy groups -OCH3 is 1. The maximum atomic E-state index is 10.2. The highest BCUT2D eigenvalue weighted by Crippen LogP contribution is 2.20. The summed E-state index contributed by atoms with van der Waals surface area (Å²) >= 11 is 3.42. The molecule has 2 N–H and O–H groups in total. The highest BCUT2D eigenvalue weighted by molar-refractivity contribution is 9.10. The van der Waals surface area contributed by atoms with Crippen LogP contribution < -0.4 is 10.1 Å². The maximum absolute atomic E-state index is 10.2. The zero-order valence-corrected chi connectivity index (χ0v) is 13.8. The molecule has 0 bridgehead atoms. The Hall–Kier alpha value is -1.36. The molecule has 0 aliphatic heterocycles. The van der Waals surface area contributed by atoms with E-state index < -0.39 is 6.10 Å². The molecule has 3 nitrogen and oxygen atoms in total. The molecular weight excluding hydrogens is 330 g/mol. The van der Waals surface area contributed by atoms with Gasteiger partial charge in [-0.05, 0) is 42.3 Å². The largest absolute Gasteiger partial charge is 0.497 e. The molecule has 1 unspecified atom stereocenters. The number of nitrogens with one attached hydrogen (secondary N) is 1. The van der Waals surface area contributed by atoms with Crippen molar-refractivity contribution in [2.24, 2.45) is 0 Å². The maximum Gasteiger partial charge on any atom is 0.118 e. The number of aliphatic hydroxyl groups excluding tert-OH is 1. The third-order valence-corrected chi connectivity index (χ3v) is 3.96. The molecule has 0 radical (unpaired) electrons. The molecule has 4 heteroatoms. The Balaban J connectivity index is 1.92. The number of aliphatic hydroxyl groups is 1. The molecule has 2 rings (SSSR count). The van der Waals surface area contributed by atoms with Crippen molar-refractivity contribution in [2.75, 3.05) is 13.7 Å². The average Bonchev–Trinajstić information content (AvgIpc) is 2.52. The van der Waals surface area contributed by atoms with Crippen molar-refractivity contribution in [3.8, 4) is 5.75 Å². The van der Waals surface area contributed by atoms with Crippen LogP contribution in [0.3, 0.4) is 0 Å². The van der Waals surface area contributed by atoms with E-state index in [2.05, 4.69) is 28.2 Å². The molecule has 0 saturated carbocycles. The minimum absolute atomic E-state index is 0.165. The second-order valence-corrected chi connectivity index (χ2v) is 5.89. The first kappa shape index (κ1) is 16.0. The van der Waals surface area contributed by atoms with Crippen molar-refractivity contribution in [3.05, 3.63) is 64.1 Å². The second kappa shape index (κ2) is 7.59. The standard InChI is InChI=1S/C17H20BrNO2/c1-12(13-6-8-16(21-2)9-7-13)19-11-17(20)14-4-3-5-15(18)10-14/h3-10,12,17,19-20H,11H2,1-2H3/t12-,17?/m0/s1. The van der Waals surface area contributed by atoms with Crippen LogP contribution in [0.2, 0.25) is 0 Å². The average molecular weight is 350 g/mol. The van der Waals surface area contributed by atoms with Gasteiger partial charge in [0.05, 0.1) is 13.2 Å². The van der Waals surface area contributed by atoms with Gasteiger partial charge in [0.15, 0.2) is 0 Å². The molecule has 2 aromatic carbocycles.